The van der Waals surface area contributed by atoms with Crippen molar-refractivity contribution < 1.29 is 14.3 Å². The predicted molar refractivity (Wildman–Crippen MR) is 87.0 cm³/mol. The van der Waals surface area contributed by atoms with Crippen molar-refractivity contribution in [2.75, 3.05) is 6.61 Å². The van der Waals surface area contributed by atoms with Crippen LogP contribution in [0.5, 0.6) is 5.75 Å². The smallest absolute Gasteiger partial charge is 0.258 e. The normalized spacial score (nSPS) is 26.7. The summed E-state index contributed by atoms with van der Waals surface area (Å²) < 4.78 is 5.47. The summed E-state index contributed by atoms with van der Waals surface area (Å²) in [7, 11) is 0. The van der Waals surface area contributed by atoms with Crippen molar-refractivity contribution in [3.8, 4) is 5.75 Å². The van der Waals surface area contributed by atoms with Gasteiger partial charge in [0, 0.05) is 6.04 Å². The Labute approximate surface area is 136 Å². The van der Waals surface area contributed by atoms with Gasteiger partial charge in [0.15, 0.2) is 6.61 Å². The van der Waals surface area contributed by atoms with Crippen LogP contribution in [0.1, 0.15) is 43.0 Å². The number of para-hydroxylation sites is 1. The summed E-state index contributed by atoms with van der Waals surface area (Å²) in [5.74, 6) is 1.86. The Balaban J connectivity index is 1.51. The summed E-state index contributed by atoms with van der Waals surface area (Å²) in [5, 5.41) is 3.05. The van der Waals surface area contributed by atoms with E-state index in [1.54, 1.807) is 24.3 Å². The fourth-order valence-electron chi connectivity index (χ4n) is 4.25. The monoisotopic (exact) mass is 316 g/mol. The van der Waals surface area contributed by atoms with Crippen LogP contribution in [0.25, 0.3) is 0 Å². The molecule has 0 spiro atoms. The quantitative estimate of drug-likeness (QED) is 0.843. The maximum Gasteiger partial charge on any atom is 0.258 e. The Morgan fingerprint density at radius 2 is 2.09 bits per heavy atom. The van der Waals surface area contributed by atoms with E-state index in [9.17, 15) is 9.59 Å². The molecule has 0 saturated heterocycles. The number of hydrogen-bond acceptors (Lipinski definition) is 3. The van der Waals surface area contributed by atoms with Gasteiger partial charge in [-0.2, -0.15) is 0 Å². The molecule has 23 heavy (non-hydrogen) atoms. The van der Waals surface area contributed by atoms with Crippen molar-refractivity contribution in [2.45, 2.75) is 38.6 Å². The molecule has 124 valence electrons. The third-order valence-corrected chi connectivity index (χ3v) is 5.33. The number of nitrogens with two attached hydrogens (primary N) is 1. The van der Waals surface area contributed by atoms with Crippen LogP contribution >= 0.6 is 0 Å². The molecule has 0 aliphatic heterocycles. The minimum absolute atomic E-state index is 0.102. The summed E-state index contributed by atoms with van der Waals surface area (Å²) in [6.45, 7) is 1.98. The maximum atomic E-state index is 12.1. The van der Waals surface area contributed by atoms with Gasteiger partial charge in [-0.3, -0.25) is 9.59 Å². The number of ether oxygens (including phenoxy) is 1. The van der Waals surface area contributed by atoms with E-state index in [1.165, 1.54) is 25.7 Å². The van der Waals surface area contributed by atoms with Crippen LogP contribution in [0.2, 0.25) is 0 Å². The number of amides is 2. The first kappa shape index (κ1) is 15.8. The summed E-state index contributed by atoms with van der Waals surface area (Å²) in [4.78, 5) is 23.5. The number of rotatable bonds is 6. The van der Waals surface area contributed by atoms with E-state index in [1.807, 2.05) is 0 Å². The van der Waals surface area contributed by atoms with Gasteiger partial charge in [-0.25, -0.2) is 0 Å². The van der Waals surface area contributed by atoms with Gasteiger partial charge in [0.25, 0.3) is 11.8 Å². The van der Waals surface area contributed by atoms with Crippen LogP contribution in [0.15, 0.2) is 24.3 Å². The molecule has 3 N–H and O–H groups in total. The number of primary amides is 1. The van der Waals surface area contributed by atoms with Gasteiger partial charge in [-0.05, 0) is 56.1 Å². The Bertz CT molecular complexity index is 602. The number of carbonyl (C=O) groups excluding carboxylic acids is 2. The predicted octanol–water partition coefficient (Wildman–Crippen LogP) is 2.11. The van der Waals surface area contributed by atoms with E-state index in [4.69, 9.17) is 10.5 Å². The van der Waals surface area contributed by atoms with E-state index in [0.29, 0.717) is 17.2 Å². The van der Waals surface area contributed by atoms with Gasteiger partial charge in [-0.1, -0.05) is 18.6 Å². The molecule has 0 heterocycles. The Kier molecular flexibility index (Phi) is 4.55. The fourth-order valence-corrected chi connectivity index (χ4v) is 4.25. The molecular weight excluding hydrogens is 292 g/mol. The molecule has 5 heteroatoms. The minimum Gasteiger partial charge on any atom is -0.483 e. The number of nitrogens with one attached hydrogen (secondary N) is 1. The third-order valence-electron chi connectivity index (χ3n) is 5.33. The maximum absolute atomic E-state index is 12.1. The minimum atomic E-state index is -0.559. The highest BCUT2D eigenvalue weighted by molar-refractivity contribution is 5.95. The lowest BCUT2D eigenvalue weighted by atomic mass is 9.84. The van der Waals surface area contributed by atoms with E-state index in [0.717, 1.165) is 11.8 Å². The van der Waals surface area contributed by atoms with Crippen molar-refractivity contribution in [1.29, 1.82) is 0 Å². The molecule has 2 fully saturated rings. The highest BCUT2D eigenvalue weighted by Crippen LogP contribution is 2.49. The van der Waals surface area contributed by atoms with Crippen molar-refractivity contribution in [2.24, 2.45) is 23.5 Å². The molecule has 4 atom stereocenters. The Morgan fingerprint density at radius 1 is 1.30 bits per heavy atom. The Morgan fingerprint density at radius 3 is 2.74 bits per heavy atom. The lowest BCUT2D eigenvalue weighted by molar-refractivity contribution is -0.124. The van der Waals surface area contributed by atoms with Crippen molar-refractivity contribution >= 4 is 11.8 Å². The van der Waals surface area contributed by atoms with Gasteiger partial charge >= 0.3 is 0 Å². The van der Waals surface area contributed by atoms with Crippen LogP contribution in [0.3, 0.4) is 0 Å². The zero-order valence-corrected chi connectivity index (χ0v) is 13.5. The summed E-state index contributed by atoms with van der Waals surface area (Å²) in [6, 6.07) is 6.87. The molecule has 1 aromatic rings. The average Bonchev–Trinajstić information content (AvgIpc) is 3.16. The molecule has 3 rings (SSSR count). The molecule has 2 saturated carbocycles. The second-order valence-corrected chi connectivity index (χ2v) is 6.84. The molecule has 2 aliphatic rings. The van der Waals surface area contributed by atoms with Gasteiger partial charge < -0.3 is 15.8 Å². The van der Waals surface area contributed by atoms with Gasteiger partial charge in [0.2, 0.25) is 0 Å². The first-order chi connectivity index (χ1) is 11.0. The summed E-state index contributed by atoms with van der Waals surface area (Å²) in [6.07, 6.45) is 5.22. The molecule has 0 radical (unpaired) electrons. The summed E-state index contributed by atoms with van der Waals surface area (Å²) in [5.41, 5.74) is 5.59. The topological polar surface area (TPSA) is 81.4 Å². The lowest BCUT2D eigenvalue weighted by Crippen LogP contribution is -2.42. The Hall–Kier alpha value is -2.04. The van der Waals surface area contributed by atoms with Gasteiger partial charge in [0.05, 0.1) is 5.56 Å². The second-order valence-electron chi connectivity index (χ2n) is 6.84. The zero-order valence-electron chi connectivity index (χ0n) is 13.5. The standard InChI is InChI=1S/C18H24N2O3/c1-11(15-9-12-6-7-13(15)8-12)20-17(21)10-23-16-5-3-2-4-14(16)18(19)22/h2-5,11-13,15H,6-10H2,1H3,(H2,19,22)(H,20,21)/t11-,12-,13-,15+/m0/s1. The fraction of sp³-hybridized carbons (Fsp3) is 0.556. The van der Waals surface area contributed by atoms with Crippen LogP contribution in [-0.2, 0) is 4.79 Å². The zero-order chi connectivity index (χ0) is 16.4. The molecular formula is C18H24N2O3. The highest BCUT2D eigenvalue weighted by Gasteiger charge is 2.42. The van der Waals surface area contributed by atoms with Crippen molar-refractivity contribution in [1.82, 2.24) is 5.32 Å². The second kappa shape index (κ2) is 6.60. The SMILES string of the molecule is C[C@H](NC(=O)COc1ccccc1C(N)=O)[C@H]1C[C@H]2CC[C@H]1C2. The molecule has 2 bridgehead atoms. The molecule has 2 aliphatic carbocycles. The van der Waals surface area contributed by atoms with Crippen LogP contribution in [-0.4, -0.2) is 24.5 Å². The molecule has 0 aromatic heterocycles. The lowest BCUT2D eigenvalue weighted by Gasteiger charge is -2.28. The highest BCUT2D eigenvalue weighted by atomic mass is 16.5. The third kappa shape index (κ3) is 3.49. The largest absolute Gasteiger partial charge is 0.483 e. The van der Waals surface area contributed by atoms with Gasteiger partial charge in [0.1, 0.15) is 5.75 Å². The van der Waals surface area contributed by atoms with Crippen molar-refractivity contribution in [3.63, 3.8) is 0 Å². The van der Waals surface area contributed by atoms with E-state index >= 15 is 0 Å². The molecule has 5 nitrogen and oxygen atoms in total. The van der Waals surface area contributed by atoms with Crippen LogP contribution < -0.4 is 15.8 Å². The van der Waals surface area contributed by atoms with Crippen LogP contribution in [0.4, 0.5) is 0 Å². The summed E-state index contributed by atoms with van der Waals surface area (Å²) >= 11 is 0. The molecule has 2 amide bonds. The molecule has 1 aromatic carbocycles. The first-order valence-electron chi connectivity index (χ1n) is 8.35. The van der Waals surface area contributed by atoms with E-state index < -0.39 is 5.91 Å². The number of fused-ring (bicyclic) bond motifs is 2. The van der Waals surface area contributed by atoms with Gasteiger partial charge in [-0.15, -0.1) is 0 Å². The number of carbonyl (C=O) groups is 2. The molecule has 0 unspecified atom stereocenters. The number of hydrogen-bond donors (Lipinski definition) is 2. The average molecular weight is 316 g/mol. The van der Waals surface area contributed by atoms with Crippen molar-refractivity contribution in [3.05, 3.63) is 29.8 Å². The first-order valence-corrected chi connectivity index (χ1v) is 8.35. The van der Waals surface area contributed by atoms with Crippen LogP contribution in [0, 0.1) is 17.8 Å². The van der Waals surface area contributed by atoms with E-state index in [-0.39, 0.29) is 18.6 Å². The van der Waals surface area contributed by atoms with E-state index in [2.05, 4.69) is 12.2 Å². The number of benzene rings is 1.